The summed E-state index contributed by atoms with van der Waals surface area (Å²) in [6, 6.07) is 0. The van der Waals surface area contributed by atoms with Crippen LogP contribution in [0.2, 0.25) is 0 Å². The highest BCUT2D eigenvalue weighted by atomic mass is 16.6. The number of ether oxygens (including phenoxy) is 1. The molecule has 0 amide bonds. The summed E-state index contributed by atoms with van der Waals surface area (Å²) >= 11 is 0. The van der Waals surface area contributed by atoms with Gasteiger partial charge in [0.15, 0.2) is 5.60 Å². The zero-order valence-electron chi connectivity index (χ0n) is 6.82. The van der Waals surface area contributed by atoms with Gasteiger partial charge < -0.3 is 9.84 Å². The van der Waals surface area contributed by atoms with Crippen molar-refractivity contribution in [2.45, 2.75) is 37.4 Å². The van der Waals surface area contributed by atoms with Gasteiger partial charge >= 0.3 is 5.97 Å². The minimum absolute atomic E-state index is 0.0718. The lowest BCUT2D eigenvalue weighted by Crippen LogP contribution is -2.45. The minimum Gasteiger partial charge on any atom is -0.479 e. The molecule has 66 valence electrons. The van der Waals surface area contributed by atoms with Crippen LogP contribution in [0.15, 0.2) is 0 Å². The number of hydrogen-bond donors (Lipinski definition) is 1. The van der Waals surface area contributed by atoms with Crippen molar-refractivity contribution in [2.75, 3.05) is 0 Å². The minimum atomic E-state index is -0.721. The Hall–Kier alpha value is -0.570. The summed E-state index contributed by atoms with van der Waals surface area (Å²) in [6.07, 6.45) is 4.57. The first-order valence-corrected chi connectivity index (χ1v) is 4.66. The molecule has 0 aromatic heterocycles. The standard InChI is InChI=1S/C9H12O3/c10-8(11)9-6-3-1-5(2-4-6)7(9)12-9/h5-7H,1-4H2,(H,10,11). The highest BCUT2D eigenvalue weighted by molar-refractivity contribution is 5.82. The third-order valence-electron chi connectivity index (χ3n) is 3.83. The highest BCUT2D eigenvalue weighted by Crippen LogP contribution is 2.60. The maximum Gasteiger partial charge on any atom is 0.339 e. The molecule has 12 heavy (non-hydrogen) atoms. The molecule has 0 aromatic rings. The molecule has 3 aliphatic carbocycles. The monoisotopic (exact) mass is 168 g/mol. The van der Waals surface area contributed by atoms with Crippen molar-refractivity contribution in [3.05, 3.63) is 0 Å². The first-order valence-electron chi connectivity index (χ1n) is 4.66. The molecule has 1 heterocycles. The van der Waals surface area contributed by atoms with Gasteiger partial charge in [-0.1, -0.05) is 0 Å². The molecule has 0 spiro atoms. The van der Waals surface area contributed by atoms with E-state index in [9.17, 15) is 4.79 Å². The van der Waals surface area contributed by atoms with Crippen LogP contribution in [-0.4, -0.2) is 22.8 Å². The molecular formula is C9H12O3. The van der Waals surface area contributed by atoms with E-state index in [0.717, 1.165) is 12.8 Å². The fraction of sp³-hybridized carbons (Fsp3) is 0.889. The van der Waals surface area contributed by atoms with E-state index in [4.69, 9.17) is 9.84 Å². The van der Waals surface area contributed by atoms with E-state index in [-0.39, 0.29) is 6.10 Å². The molecule has 4 aliphatic rings. The summed E-state index contributed by atoms with van der Waals surface area (Å²) in [7, 11) is 0. The Kier molecular flexibility index (Phi) is 1.06. The maximum absolute atomic E-state index is 11.0. The number of carboxylic acid groups (broad SMARTS) is 1. The van der Waals surface area contributed by atoms with Gasteiger partial charge in [-0.2, -0.15) is 0 Å². The van der Waals surface area contributed by atoms with E-state index in [0.29, 0.717) is 11.8 Å². The van der Waals surface area contributed by atoms with Crippen molar-refractivity contribution in [1.29, 1.82) is 0 Å². The van der Waals surface area contributed by atoms with Crippen LogP contribution in [0.5, 0.6) is 0 Å². The summed E-state index contributed by atoms with van der Waals surface area (Å²) < 4.78 is 5.41. The normalized spacial score (nSPS) is 54.8. The molecule has 2 unspecified atom stereocenters. The van der Waals surface area contributed by atoms with Crippen LogP contribution in [0.4, 0.5) is 0 Å². The number of carboxylic acids is 1. The summed E-state index contributed by atoms with van der Waals surface area (Å²) in [4.78, 5) is 11.0. The second-order valence-electron chi connectivity index (χ2n) is 4.25. The third-order valence-corrected chi connectivity index (χ3v) is 3.83. The smallest absolute Gasteiger partial charge is 0.339 e. The zero-order valence-corrected chi connectivity index (χ0v) is 6.82. The van der Waals surface area contributed by atoms with Gasteiger partial charge in [0, 0.05) is 5.92 Å². The number of carbonyl (C=O) groups is 1. The zero-order chi connectivity index (χ0) is 8.34. The molecule has 0 radical (unpaired) electrons. The first kappa shape index (κ1) is 6.89. The van der Waals surface area contributed by atoms with Crippen molar-refractivity contribution >= 4 is 5.97 Å². The first-order chi connectivity index (χ1) is 5.75. The third kappa shape index (κ3) is 0.565. The highest BCUT2D eigenvalue weighted by Gasteiger charge is 2.73. The van der Waals surface area contributed by atoms with E-state index in [1.807, 2.05) is 0 Å². The van der Waals surface area contributed by atoms with Gasteiger partial charge in [0.2, 0.25) is 0 Å². The topological polar surface area (TPSA) is 49.8 Å². The number of rotatable bonds is 1. The fourth-order valence-electron chi connectivity index (χ4n) is 3.15. The Labute approximate surface area is 70.7 Å². The van der Waals surface area contributed by atoms with Gasteiger partial charge in [0.1, 0.15) is 6.10 Å². The second-order valence-corrected chi connectivity index (χ2v) is 4.25. The van der Waals surface area contributed by atoms with E-state index >= 15 is 0 Å². The van der Waals surface area contributed by atoms with E-state index in [1.165, 1.54) is 12.8 Å². The molecule has 3 heteroatoms. The van der Waals surface area contributed by atoms with Crippen LogP contribution < -0.4 is 0 Å². The largest absolute Gasteiger partial charge is 0.479 e. The molecule has 4 fully saturated rings. The summed E-state index contributed by atoms with van der Waals surface area (Å²) in [6.45, 7) is 0. The van der Waals surface area contributed by atoms with Crippen molar-refractivity contribution < 1.29 is 14.6 Å². The van der Waals surface area contributed by atoms with Crippen molar-refractivity contribution in [3.63, 3.8) is 0 Å². The fourth-order valence-corrected chi connectivity index (χ4v) is 3.15. The number of fused-ring (bicyclic) bond motifs is 2. The summed E-state index contributed by atoms with van der Waals surface area (Å²) in [5.74, 6) is 0.137. The van der Waals surface area contributed by atoms with Gasteiger partial charge in [-0.25, -0.2) is 4.79 Å². The van der Waals surface area contributed by atoms with Crippen molar-refractivity contribution in [1.82, 2.24) is 0 Å². The van der Waals surface area contributed by atoms with Gasteiger partial charge in [-0.05, 0) is 31.6 Å². The molecule has 1 saturated heterocycles. The molecule has 2 atom stereocenters. The molecule has 3 nitrogen and oxygen atoms in total. The predicted molar refractivity (Wildman–Crippen MR) is 40.7 cm³/mol. The quantitative estimate of drug-likeness (QED) is 0.595. The van der Waals surface area contributed by atoms with Gasteiger partial charge in [-0.15, -0.1) is 0 Å². The number of epoxide rings is 1. The van der Waals surface area contributed by atoms with E-state index < -0.39 is 11.6 Å². The Balaban J connectivity index is 1.97. The molecule has 3 saturated carbocycles. The van der Waals surface area contributed by atoms with Crippen molar-refractivity contribution in [3.8, 4) is 0 Å². The molecule has 0 aromatic carbocycles. The molecule has 1 aliphatic heterocycles. The van der Waals surface area contributed by atoms with Crippen LogP contribution in [0, 0.1) is 11.8 Å². The maximum atomic E-state index is 11.0. The Bertz CT molecular complexity index is 242. The van der Waals surface area contributed by atoms with Crippen LogP contribution >= 0.6 is 0 Å². The average molecular weight is 168 g/mol. The van der Waals surface area contributed by atoms with Gasteiger partial charge in [0.05, 0.1) is 0 Å². The van der Waals surface area contributed by atoms with Gasteiger partial charge in [0.25, 0.3) is 0 Å². The molecule has 1 N–H and O–H groups in total. The summed E-state index contributed by atoms with van der Waals surface area (Å²) in [5, 5.41) is 9.04. The molecule has 4 rings (SSSR count). The van der Waals surface area contributed by atoms with Crippen LogP contribution in [0.1, 0.15) is 25.7 Å². The number of aliphatic carboxylic acids is 1. The van der Waals surface area contributed by atoms with Crippen LogP contribution in [0.25, 0.3) is 0 Å². The van der Waals surface area contributed by atoms with E-state index in [2.05, 4.69) is 0 Å². The van der Waals surface area contributed by atoms with Crippen LogP contribution in [-0.2, 0) is 9.53 Å². The lowest BCUT2D eigenvalue weighted by Gasteiger charge is -2.35. The number of hydrogen-bond acceptors (Lipinski definition) is 2. The SMILES string of the molecule is O=C(O)C12OC1C1CCC2CC1. The van der Waals surface area contributed by atoms with Crippen LogP contribution in [0.3, 0.4) is 0 Å². The molecule has 2 bridgehead atoms. The summed E-state index contributed by atoms with van der Waals surface area (Å²) in [5.41, 5.74) is -0.721. The lowest BCUT2D eigenvalue weighted by molar-refractivity contribution is -0.146. The Morgan fingerprint density at radius 1 is 1.33 bits per heavy atom. The lowest BCUT2D eigenvalue weighted by atomic mass is 9.65. The Morgan fingerprint density at radius 2 is 2.00 bits per heavy atom. The molecular weight excluding hydrogens is 156 g/mol. The van der Waals surface area contributed by atoms with E-state index in [1.54, 1.807) is 0 Å². The second kappa shape index (κ2) is 1.84. The predicted octanol–water partition coefficient (Wildman–Crippen LogP) is 1.03. The van der Waals surface area contributed by atoms with Crippen molar-refractivity contribution in [2.24, 2.45) is 11.8 Å². The average Bonchev–Trinajstić information content (AvgIpc) is 2.83. The van der Waals surface area contributed by atoms with Gasteiger partial charge in [-0.3, -0.25) is 0 Å². The Morgan fingerprint density at radius 3 is 2.42 bits per heavy atom.